The number of hydrogen-bond acceptors (Lipinski definition) is 5. The van der Waals surface area contributed by atoms with Gasteiger partial charge in [0.25, 0.3) is 0 Å². The summed E-state index contributed by atoms with van der Waals surface area (Å²) in [5.41, 5.74) is 3.76. The second-order valence-electron chi connectivity index (χ2n) is 2.94. The van der Waals surface area contributed by atoms with E-state index in [-0.39, 0.29) is 5.71 Å². The molecule has 0 amide bonds. The summed E-state index contributed by atoms with van der Waals surface area (Å²) in [6.07, 6.45) is 3.34. The van der Waals surface area contributed by atoms with Crippen LogP contribution in [0, 0.1) is 22.7 Å². The molecule has 0 radical (unpaired) electrons. The minimum absolute atomic E-state index is 0.228. The summed E-state index contributed by atoms with van der Waals surface area (Å²) in [6, 6.07) is 6.99. The van der Waals surface area contributed by atoms with Crippen molar-refractivity contribution >= 4 is 22.4 Å². The third-order valence-electron chi connectivity index (χ3n) is 1.91. The molecule has 0 saturated heterocycles. The Labute approximate surface area is 90.8 Å². The Balaban J connectivity index is 2.26. The Bertz CT molecular complexity index is 609. The van der Waals surface area contributed by atoms with Crippen LogP contribution in [0.25, 0.3) is 11.0 Å². The number of nitrogens with zero attached hydrogens (tertiary/aromatic N) is 4. The minimum atomic E-state index is -0.228. The lowest BCUT2D eigenvalue weighted by Crippen LogP contribution is -1.96. The molecule has 0 saturated carbocycles. The number of nitrogens with one attached hydrogen (secondary N) is 2. The number of nitriles is 2. The molecule has 0 aliphatic carbocycles. The van der Waals surface area contributed by atoms with Crippen LogP contribution in [-0.4, -0.2) is 15.7 Å². The summed E-state index contributed by atoms with van der Waals surface area (Å²) in [7, 11) is 0. The normalized spacial score (nSPS) is 9.12. The van der Waals surface area contributed by atoms with E-state index in [0.29, 0.717) is 5.69 Å². The zero-order chi connectivity index (χ0) is 11.4. The number of H-pyrrole nitrogens is 1. The Morgan fingerprint density at radius 1 is 1.44 bits per heavy atom. The van der Waals surface area contributed by atoms with Gasteiger partial charge < -0.3 is 4.98 Å². The van der Waals surface area contributed by atoms with E-state index in [1.807, 2.05) is 12.1 Å². The quantitative estimate of drug-likeness (QED) is 0.577. The maximum absolute atomic E-state index is 8.48. The summed E-state index contributed by atoms with van der Waals surface area (Å²) >= 11 is 0. The Hall–Kier alpha value is -2.86. The van der Waals surface area contributed by atoms with Crippen molar-refractivity contribution < 1.29 is 0 Å². The van der Waals surface area contributed by atoms with E-state index in [2.05, 4.69) is 20.5 Å². The molecular weight excluding hydrogens is 204 g/mol. The van der Waals surface area contributed by atoms with Crippen LogP contribution in [0.3, 0.4) is 0 Å². The van der Waals surface area contributed by atoms with Crippen LogP contribution in [0.2, 0.25) is 0 Å². The monoisotopic (exact) mass is 210 g/mol. The van der Waals surface area contributed by atoms with E-state index in [1.54, 1.807) is 24.5 Å². The van der Waals surface area contributed by atoms with Gasteiger partial charge in [-0.25, -0.2) is 4.98 Å². The molecule has 0 aromatic carbocycles. The van der Waals surface area contributed by atoms with E-state index in [4.69, 9.17) is 10.5 Å². The van der Waals surface area contributed by atoms with Crippen LogP contribution in [0.1, 0.15) is 0 Å². The molecule has 2 aromatic rings. The second kappa shape index (κ2) is 4.11. The van der Waals surface area contributed by atoms with Crippen molar-refractivity contribution in [2.24, 2.45) is 5.10 Å². The smallest absolute Gasteiger partial charge is 0.237 e. The number of hydrazone groups is 1. The predicted molar refractivity (Wildman–Crippen MR) is 58.4 cm³/mol. The number of anilines is 1. The van der Waals surface area contributed by atoms with Gasteiger partial charge in [0, 0.05) is 11.6 Å². The number of rotatable bonds is 2. The Kier molecular flexibility index (Phi) is 2.49. The molecule has 16 heavy (non-hydrogen) atoms. The maximum Gasteiger partial charge on any atom is 0.237 e. The summed E-state index contributed by atoms with van der Waals surface area (Å²) in [4.78, 5) is 7.07. The van der Waals surface area contributed by atoms with E-state index in [9.17, 15) is 0 Å². The molecule has 2 rings (SSSR count). The third kappa shape index (κ3) is 1.81. The highest BCUT2D eigenvalue weighted by Crippen LogP contribution is 2.14. The second-order valence-corrected chi connectivity index (χ2v) is 2.94. The standard InChI is InChI=1S/C10H6N6/c11-4-9(5-12)16-15-8-3-7-1-2-13-10(7)14-6-8/h1-3,6,15H,(H,13,14). The zero-order valence-corrected chi connectivity index (χ0v) is 8.10. The molecular formula is C10H6N6. The molecule has 0 unspecified atom stereocenters. The van der Waals surface area contributed by atoms with Gasteiger partial charge in [-0.3, -0.25) is 5.43 Å². The average Bonchev–Trinajstić information content (AvgIpc) is 2.77. The van der Waals surface area contributed by atoms with Crippen molar-refractivity contribution in [1.29, 1.82) is 10.5 Å². The van der Waals surface area contributed by atoms with Crippen molar-refractivity contribution in [3.63, 3.8) is 0 Å². The maximum atomic E-state index is 8.48. The largest absolute Gasteiger partial charge is 0.346 e. The van der Waals surface area contributed by atoms with Crippen LogP contribution >= 0.6 is 0 Å². The third-order valence-corrected chi connectivity index (χ3v) is 1.91. The summed E-state index contributed by atoms with van der Waals surface area (Å²) in [5, 5.41) is 21.5. The van der Waals surface area contributed by atoms with Gasteiger partial charge in [0.2, 0.25) is 5.71 Å². The molecule has 0 bridgehead atoms. The van der Waals surface area contributed by atoms with E-state index in [1.165, 1.54) is 0 Å². The number of aromatic amines is 1. The summed E-state index contributed by atoms with van der Waals surface area (Å²) < 4.78 is 0. The molecule has 6 heteroatoms. The molecule has 0 aliphatic heterocycles. The zero-order valence-electron chi connectivity index (χ0n) is 8.10. The lowest BCUT2D eigenvalue weighted by atomic mass is 10.3. The molecule has 2 heterocycles. The van der Waals surface area contributed by atoms with E-state index >= 15 is 0 Å². The van der Waals surface area contributed by atoms with Crippen LogP contribution in [0.5, 0.6) is 0 Å². The lowest BCUT2D eigenvalue weighted by molar-refractivity contribution is 1.28. The van der Waals surface area contributed by atoms with Gasteiger partial charge in [0.1, 0.15) is 17.8 Å². The van der Waals surface area contributed by atoms with Crippen molar-refractivity contribution in [3.8, 4) is 12.1 Å². The van der Waals surface area contributed by atoms with Gasteiger partial charge >= 0.3 is 0 Å². The van der Waals surface area contributed by atoms with Crippen molar-refractivity contribution in [2.75, 3.05) is 5.43 Å². The molecule has 0 spiro atoms. The SMILES string of the molecule is N#CC(C#N)=NNc1cnc2[nH]ccc2c1. The fourth-order valence-electron chi connectivity index (χ4n) is 1.20. The number of fused-ring (bicyclic) bond motifs is 1. The van der Waals surface area contributed by atoms with Gasteiger partial charge in [-0.1, -0.05) is 0 Å². The van der Waals surface area contributed by atoms with Gasteiger partial charge in [0.05, 0.1) is 11.9 Å². The molecule has 2 N–H and O–H groups in total. The van der Waals surface area contributed by atoms with Crippen molar-refractivity contribution in [2.45, 2.75) is 0 Å². The molecule has 0 fully saturated rings. The first kappa shape index (κ1) is 9.69. The minimum Gasteiger partial charge on any atom is -0.346 e. The fraction of sp³-hybridized carbons (Fsp3) is 0. The number of aromatic nitrogens is 2. The highest BCUT2D eigenvalue weighted by Gasteiger charge is 1.98. The average molecular weight is 210 g/mol. The summed E-state index contributed by atoms with van der Waals surface area (Å²) in [5.74, 6) is 0. The van der Waals surface area contributed by atoms with Crippen LogP contribution in [0.15, 0.2) is 29.6 Å². The first-order valence-electron chi connectivity index (χ1n) is 4.40. The molecule has 0 aliphatic rings. The fourth-order valence-corrected chi connectivity index (χ4v) is 1.20. The number of hydrogen-bond donors (Lipinski definition) is 2. The lowest BCUT2D eigenvalue weighted by Gasteiger charge is -1.98. The first-order valence-corrected chi connectivity index (χ1v) is 4.40. The van der Waals surface area contributed by atoms with Gasteiger partial charge in [-0.15, -0.1) is 0 Å². The molecule has 0 atom stereocenters. The van der Waals surface area contributed by atoms with Crippen molar-refractivity contribution in [3.05, 3.63) is 24.5 Å². The van der Waals surface area contributed by atoms with Crippen molar-refractivity contribution in [1.82, 2.24) is 9.97 Å². The molecule has 2 aromatic heterocycles. The van der Waals surface area contributed by atoms with Gasteiger partial charge in [-0.2, -0.15) is 15.6 Å². The predicted octanol–water partition coefficient (Wildman–Crippen LogP) is 1.38. The topological polar surface area (TPSA) is 101 Å². The Morgan fingerprint density at radius 2 is 2.25 bits per heavy atom. The van der Waals surface area contributed by atoms with E-state index < -0.39 is 0 Å². The van der Waals surface area contributed by atoms with Crippen LogP contribution in [0.4, 0.5) is 5.69 Å². The van der Waals surface area contributed by atoms with Gasteiger partial charge in [0.15, 0.2) is 0 Å². The van der Waals surface area contributed by atoms with E-state index in [0.717, 1.165) is 11.0 Å². The van der Waals surface area contributed by atoms with Crippen LogP contribution in [-0.2, 0) is 0 Å². The molecule has 6 nitrogen and oxygen atoms in total. The highest BCUT2D eigenvalue weighted by atomic mass is 15.3. The molecule has 76 valence electrons. The highest BCUT2D eigenvalue weighted by molar-refractivity contribution is 6.10. The first-order chi connectivity index (χ1) is 7.83. The van der Waals surface area contributed by atoms with Gasteiger partial charge in [-0.05, 0) is 12.1 Å². The summed E-state index contributed by atoms with van der Waals surface area (Å²) in [6.45, 7) is 0. The van der Waals surface area contributed by atoms with Crippen LogP contribution < -0.4 is 5.43 Å². The number of pyridine rings is 1. The Morgan fingerprint density at radius 3 is 3.00 bits per heavy atom.